The van der Waals surface area contributed by atoms with Crippen LogP contribution in [0.4, 0.5) is 0 Å². The lowest BCUT2D eigenvalue weighted by atomic mass is 10.1. The van der Waals surface area contributed by atoms with E-state index < -0.39 is 5.97 Å². The van der Waals surface area contributed by atoms with Crippen molar-refractivity contribution in [3.05, 3.63) is 53.8 Å². The summed E-state index contributed by atoms with van der Waals surface area (Å²) < 4.78 is 11.2. The maximum absolute atomic E-state index is 11.0. The molecule has 2 aromatic rings. The van der Waals surface area contributed by atoms with Crippen LogP contribution in [0.15, 0.2) is 48.2 Å². The minimum Gasteiger partial charge on any atom is -0.501 e. The average Bonchev–Trinajstić information content (AvgIpc) is 2.59. The Morgan fingerprint density at radius 2 is 1.64 bits per heavy atom. The first-order chi connectivity index (χ1) is 12.1. The fourth-order valence-corrected chi connectivity index (χ4v) is 2.50. The standard InChI is InChI=1S/C21H26O4/c1-16(2)15-24-11-5-3-4-6-12-25-20-10-9-17-13-19(21(22)23)8-7-18(17)14-20/h7-10,13-15H,3-6,11-12H2,1-2H3,(H,22,23). The molecule has 25 heavy (non-hydrogen) atoms. The summed E-state index contributed by atoms with van der Waals surface area (Å²) in [7, 11) is 0. The Morgan fingerprint density at radius 1 is 0.960 bits per heavy atom. The van der Waals surface area contributed by atoms with Crippen molar-refractivity contribution in [3.8, 4) is 5.75 Å². The van der Waals surface area contributed by atoms with Gasteiger partial charge in [-0.25, -0.2) is 4.79 Å². The Labute approximate surface area is 149 Å². The predicted molar refractivity (Wildman–Crippen MR) is 100 cm³/mol. The van der Waals surface area contributed by atoms with Crippen LogP contribution in [0, 0.1) is 0 Å². The van der Waals surface area contributed by atoms with Crippen molar-refractivity contribution in [3.63, 3.8) is 0 Å². The minimum absolute atomic E-state index is 0.301. The first-order valence-corrected chi connectivity index (χ1v) is 8.71. The zero-order valence-electron chi connectivity index (χ0n) is 15.0. The molecule has 2 rings (SSSR count). The Morgan fingerprint density at radius 3 is 2.36 bits per heavy atom. The summed E-state index contributed by atoms with van der Waals surface area (Å²) in [5.74, 6) is -0.0871. The van der Waals surface area contributed by atoms with Gasteiger partial charge in [0.25, 0.3) is 0 Å². The number of benzene rings is 2. The van der Waals surface area contributed by atoms with Crippen molar-refractivity contribution < 1.29 is 19.4 Å². The zero-order chi connectivity index (χ0) is 18.1. The monoisotopic (exact) mass is 342 g/mol. The zero-order valence-corrected chi connectivity index (χ0v) is 15.0. The van der Waals surface area contributed by atoms with Crippen molar-refractivity contribution >= 4 is 16.7 Å². The van der Waals surface area contributed by atoms with Crippen LogP contribution in [0.1, 0.15) is 49.9 Å². The third-order valence-corrected chi connectivity index (χ3v) is 3.80. The summed E-state index contributed by atoms with van der Waals surface area (Å²) in [6, 6.07) is 10.9. The van der Waals surface area contributed by atoms with Gasteiger partial charge in [-0.05, 0) is 80.1 Å². The van der Waals surface area contributed by atoms with E-state index in [0.717, 1.165) is 48.8 Å². The Bertz CT molecular complexity index is 730. The van der Waals surface area contributed by atoms with Crippen molar-refractivity contribution in [1.82, 2.24) is 0 Å². The molecular formula is C21H26O4. The highest BCUT2D eigenvalue weighted by molar-refractivity contribution is 5.94. The molecular weight excluding hydrogens is 316 g/mol. The number of allylic oxidation sites excluding steroid dienone is 1. The lowest BCUT2D eigenvalue weighted by molar-refractivity contribution is 0.0697. The van der Waals surface area contributed by atoms with E-state index in [0.29, 0.717) is 12.2 Å². The maximum Gasteiger partial charge on any atom is 0.335 e. The van der Waals surface area contributed by atoms with Crippen LogP contribution in [0.25, 0.3) is 10.8 Å². The van der Waals surface area contributed by atoms with Crippen LogP contribution in [0.2, 0.25) is 0 Å². The van der Waals surface area contributed by atoms with Gasteiger partial charge in [0, 0.05) is 0 Å². The van der Waals surface area contributed by atoms with Gasteiger partial charge in [-0.1, -0.05) is 12.1 Å². The smallest absolute Gasteiger partial charge is 0.335 e. The van der Waals surface area contributed by atoms with E-state index in [1.165, 1.54) is 5.57 Å². The molecule has 0 saturated carbocycles. The van der Waals surface area contributed by atoms with Crippen LogP contribution < -0.4 is 4.74 Å². The average molecular weight is 342 g/mol. The lowest BCUT2D eigenvalue weighted by Gasteiger charge is -2.08. The molecule has 0 aliphatic rings. The number of rotatable bonds is 10. The van der Waals surface area contributed by atoms with Gasteiger partial charge in [-0.2, -0.15) is 0 Å². The highest BCUT2D eigenvalue weighted by atomic mass is 16.5. The Hall–Kier alpha value is -2.49. The van der Waals surface area contributed by atoms with E-state index >= 15 is 0 Å². The van der Waals surface area contributed by atoms with Crippen LogP contribution in [0.5, 0.6) is 5.75 Å². The summed E-state index contributed by atoms with van der Waals surface area (Å²) in [5, 5.41) is 10.9. The molecule has 2 aromatic carbocycles. The number of carboxylic acid groups (broad SMARTS) is 1. The molecule has 0 aromatic heterocycles. The molecule has 4 nitrogen and oxygen atoms in total. The largest absolute Gasteiger partial charge is 0.501 e. The number of fused-ring (bicyclic) bond motifs is 1. The quantitative estimate of drug-likeness (QED) is 0.463. The molecule has 0 heterocycles. The molecule has 0 aliphatic heterocycles. The topological polar surface area (TPSA) is 55.8 Å². The molecule has 134 valence electrons. The van der Waals surface area contributed by atoms with Crippen LogP contribution in [-0.4, -0.2) is 24.3 Å². The van der Waals surface area contributed by atoms with Crippen molar-refractivity contribution in [2.24, 2.45) is 0 Å². The van der Waals surface area contributed by atoms with Gasteiger partial charge in [-0.3, -0.25) is 0 Å². The number of hydrogen-bond donors (Lipinski definition) is 1. The number of aromatic carboxylic acids is 1. The number of unbranched alkanes of at least 4 members (excludes halogenated alkanes) is 3. The first-order valence-electron chi connectivity index (χ1n) is 8.71. The third-order valence-electron chi connectivity index (χ3n) is 3.80. The molecule has 0 bridgehead atoms. The van der Waals surface area contributed by atoms with Gasteiger partial charge in [0.05, 0.1) is 25.0 Å². The normalized spacial score (nSPS) is 10.5. The van der Waals surface area contributed by atoms with E-state index in [4.69, 9.17) is 14.6 Å². The van der Waals surface area contributed by atoms with E-state index in [2.05, 4.69) is 0 Å². The summed E-state index contributed by atoms with van der Waals surface area (Å²) >= 11 is 0. The van der Waals surface area contributed by atoms with E-state index in [1.54, 1.807) is 12.1 Å². The van der Waals surface area contributed by atoms with Crippen LogP contribution in [-0.2, 0) is 4.74 Å². The van der Waals surface area contributed by atoms with Crippen molar-refractivity contribution in [1.29, 1.82) is 0 Å². The van der Waals surface area contributed by atoms with Gasteiger partial charge in [0.1, 0.15) is 5.75 Å². The molecule has 0 saturated heterocycles. The van der Waals surface area contributed by atoms with Gasteiger partial charge in [0.15, 0.2) is 0 Å². The molecule has 4 heteroatoms. The van der Waals surface area contributed by atoms with E-state index in [1.807, 2.05) is 44.4 Å². The summed E-state index contributed by atoms with van der Waals surface area (Å²) in [5.41, 5.74) is 1.48. The summed E-state index contributed by atoms with van der Waals surface area (Å²) in [6.07, 6.45) is 6.13. The fraction of sp³-hybridized carbons (Fsp3) is 0.381. The second-order valence-electron chi connectivity index (χ2n) is 6.36. The molecule has 0 amide bonds. The SMILES string of the molecule is CC(C)=COCCCCCCOc1ccc2cc(C(=O)O)ccc2c1. The van der Waals surface area contributed by atoms with Gasteiger partial charge >= 0.3 is 5.97 Å². The number of ether oxygens (including phenoxy) is 2. The number of hydrogen-bond acceptors (Lipinski definition) is 3. The Balaban J connectivity index is 1.70. The van der Waals surface area contributed by atoms with Crippen LogP contribution in [0.3, 0.4) is 0 Å². The van der Waals surface area contributed by atoms with Gasteiger partial charge < -0.3 is 14.6 Å². The van der Waals surface area contributed by atoms with E-state index in [9.17, 15) is 4.79 Å². The highest BCUT2D eigenvalue weighted by Crippen LogP contribution is 2.22. The molecule has 0 aliphatic carbocycles. The molecule has 0 atom stereocenters. The molecule has 0 radical (unpaired) electrons. The van der Waals surface area contributed by atoms with Gasteiger partial charge in [0.2, 0.25) is 0 Å². The second-order valence-corrected chi connectivity index (χ2v) is 6.36. The molecule has 1 N–H and O–H groups in total. The second kappa shape index (κ2) is 9.72. The first kappa shape index (κ1) is 18.8. The number of carboxylic acids is 1. The Kier molecular flexibility index (Phi) is 7.33. The molecule has 0 spiro atoms. The summed E-state index contributed by atoms with van der Waals surface area (Å²) in [6.45, 7) is 5.51. The fourth-order valence-electron chi connectivity index (χ4n) is 2.50. The van der Waals surface area contributed by atoms with Crippen molar-refractivity contribution in [2.45, 2.75) is 39.5 Å². The minimum atomic E-state index is -0.909. The van der Waals surface area contributed by atoms with E-state index in [-0.39, 0.29) is 0 Å². The molecule has 0 unspecified atom stereocenters. The summed E-state index contributed by atoms with van der Waals surface area (Å²) in [4.78, 5) is 11.0. The number of carbonyl (C=O) groups is 1. The van der Waals surface area contributed by atoms with Crippen LogP contribution >= 0.6 is 0 Å². The van der Waals surface area contributed by atoms with Crippen molar-refractivity contribution in [2.75, 3.05) is 13.2 Å². The van der Waals surface area contributed by atoms with Gasteiger partial charge in [-0.15, -0.1) is 0 Å². The third kappa shape index (κ3) is 6.49. The lowest BCUT2D eigenvalue weighted by Crippen LogP contribution is -1.98. The maximum atomic E-state index is 11.0. The predicted octanol–water partition coefficient (Wildman–Crippen LogP) is 5.42. The molecule has 0 fully saturated rings. The highest BCUT2D eigenvalue weighted by Gasteiger charge is 2.04.